The van der Waals surface area contributed by atoms with Crippen LogP contribution in [-0.4, -0.2) is 26.6 Å². The van der Waals surface area contributed by atoms with Crippen LogP contribution in [0.1, 0.15) is 38.4 Å². The van der Waals surface area contributed by atoms with E-state index in [-0.39, 0.29) is 11.5 Å². The molecular weight excluding hydrogens is 412 g/mol. The van der Waals surface area contributed by atoms with Crippen molar-refractivity contribution in [2.45, 2.75) is 33.7 Å². The third-order valence-electron chi connectivity index (χ3n) is 5.71. The summed E-state index contributed by atoms with van der Waals surface area (Å²) in [5, 5.41) is 2.93. The Labute approximate surface area is 193 Å². The van der Waals surface area contributed by atoms with Crippen molar-refractivity contribution in [1.82, 2.24) is 19.4 Å². The molecule has 4 rings (SSSR count). The first-order chi connectivity index (χ1) is 15.9. The zero-order valence-electron chi connectivity index (χ0n) is 19.2. The van der Waals surface area contributed by atoms with Crippen LogP contribution in [0.3, 0.4) is 0 Å². The number of amides is 1. The highest BCUT2D eigenvalue weighted by Gasteiger charge is 2.12. The molecule has 0 fully saturated rings. The standard InChI is InChI=1S/C27H28N4O2/c1-19-4-8-22(9-5-19)17-30-18-28-16-25(30)12-13-29-27(33)23-14-21(3)31(26(32)15-23)24-10-6-20(2)7-11-24/h4-11,14-16,18H,12-13,17H2,1-3H3,(H,29,33). The van der Waals surface area contributed by atoms with Crippen molar-refractivity contribution in [3.05, 3.63) is 117 Å². The molecular formula is C27H28N4O2. The van der Waals surface area contributed by atoms with Crippen molar-refractivity contribution in [3.8, 4) is 5.69 Å². The minimum atomic E-state index is -0.254. The van der Waals surface area contributed by atoms with Crippen molar-refractivity contribution in [3.63, 3.8) is 0 Å². The van der Waals surface area contributed by atoms with E-state index in [4.69, 9.17) is 0 Å². The Balaban J connectivity index is 1.40. The van der Waals surface area contributed by atoms with E-state index in [0.29, 0.717) is 24.2 Å². The van der Waals surface area contributed by atoms with E-state index in [1.165, 1.54) is 17.2 Å². The molecule has 0 saturated carbocycles. The highest BCUT2D eigenvalue weighted by molar-refractivity contribution is 5.94. The maximum absolute atomic E-state index is 12.7. The van der Waals surface area contributed by atoms with Crippen molar-refractivity contribution < 1.29 is 4.79 Å². The van der Waals surface area contributed by atoms with Gasteiger partial charge >= 0.3 is 0 Å². The predicted molar refractivity (Wildman–Crippen MR) is 130 cm³/mol. The molecule has 0 aliphatic rings. The number of aryl methyl sites for hydroxylation is 3. The molecule has 0 atom stereocenters. The van der Waals surface area contributed by atoms with Crippen molar-refractivity contribution in [2.75, 3.05) is 6.54 Å². The van der Waals surface area contributed by atoms with Gasteiger partial charge < -0.3 is 9.88 Å². The molecule has 4 aromatic rings. The van der Waals surface area contributed by atoms with Gasteiger partial charge in [0.15, 0.2) is 0 Å². The van der Waals surface area contributed by atoms with E-state index < -0.39 is 0 Å². The van der Waals surface area contributed by atoms with Crippen LogP contribution in [0.4, 0.5) is 0 Å². The van der Waals surface area contributed by atoms with Gasteiger partial charge in [-0.25, -0.2) is 4.98 Å². The fourth-order valence-electron chi connectivity index (χ4n) is 3.85. The van der Waals surface area contributed by atoms with Crippen LogP contribution in [0, 0.1) is 20.8 Å². The minimum Gasteiger partial charge on any atom is -0.352 e. The van der Waals surface area contributed by atoms with E-state index >= 15 is 0 Å². The molecule has 1 N–H and O–H groups in total. The largest absolute Gasteiger partial charge is 0.352 e. The monoisotopic (exact) mass is 440 g/mol. The molecule has 0 aliphatic carbocycles. The molecule has 0 unspecified atom stereocenters. The summed E-state index contributed by atoms with van der Waals surface area (Å²) in [6.07, 6.45) is 4.29. The number of nitrogens with zero attached hydrogens (tertiary/aromatic N) is 3. The van der Waals surface area contributed by atoms with Crippen molar-refractivity contribution in [1.29, 1.82) is 0 Å². The fraction of sp³-hybridized carbons (Fsp3) is 0.222. The number of hydrogen-bond acceptors (Lipinski definition) is 3. The van der Waals surface area contributed by atoms with Gasteiger partial charge in [-0.15, -0.1) is 0 Å². The maximum atomic E-state index is 12.7. The summed E-state index contributed by atoms with van der Waals surface area (Å²) in [5.74, 6) is -0.254. The Kier molecular flexibility index (Phi) is 6.54. The summed E-state index contributed by atoms with van der Waals surface area (Å²) in [7, 11) is 0. The molecule has 6 nitrogen and oxygen atoms in total. The average Bonchev–Trinajstić information content (AvgIpc) is 3.23. The molecule has 0 saturated heterocycles. The summed E-state index contributed by atoms with van der Waals surface area (Å²) in [6.45, 7) is 7.10. The topological polar surface area (TPSA) is 68.9 Å². The van der Waals surface area contributed by atoms with Crippen LogP contribution in [0.2, 0.25) is 0 Å². The van der Waals surface area contributed by atoms with Crippen LogP contribution in [0.15, 0.2) is 78.0 Å². The number of carbonyl (C=O) groups is 1. The van der Waals surface area contributed by atoms with E-state index in [0.717, 1.165) is 23.5 Å². The van der Waals surface area contributed by atoms with E-state index in [1.807, 2.05) is 50.6 Å². The first-order valence-electron chi connectivity index (χ1n) is 11.0. The summed E-state index contributed by atoms with van der Waals surface area (Å²) in [5.41, 5.74) is 6.25. The quantitative estimate of drug-likeness (QED) is 0.473. The third-order valence-corrected chi connectivity index (χ3v) is 5.71. The normalized spacial score (nSPS) is 10.9. The van der Waals surface area contributed by atoms with Crippen molar-refractivity contribution in [2.24, 2.45) is 0 Å². The van der Waals surface area contributed by atoms with Gasteiger partial charge in [-0.1, -0.05) is 47.5 Å². The zero-order valence-corrected chi connectivity index (χ0v) is 19.2. The Hall–Kier alpha value is -3.93. The summed E-state index contributed by atoms with van der Waals surface area (Å²) < 4.78 is 3.70. The average molecular weight is 441 g/mol. The third kappa shape index (κ3) is 5.29. The Bertz CT molecular complexity index is 1320. The van der Waals surface area contributed by atoms with Gasteiger partial charge in [0.2, 0.25) is 0 Å². The summed E-state index contributed by atoms with van der Waals surface area (Å²) in [4.78, 5) is 29.7. The zero-order chi connectivity index (χ0) is 23.4. The minimum absolute atomic E-state index is 0.222. The van der Waals surface area contributed by atoms with Crippen molar-refractivity contribution >= 4 is 5.91 Å². The van der Waals surface area contributed by atoms with Gasteiger partial charge in [0.25, 0.3) is 11.5 Å². The second kappa shape index (κ2) is 9.69. The van der Waals surface area contributed by atoms with E-state index in [9.17, 15) is 9.59 Å². The molecule has 6 heteroatoms. The molecule has 33 heavy (non-hydrogen) atoms. The molecule has 0 spiro atoms. The Morgan fingerprint density at radius 3 is 2.27 bits per heavy atom. The molecule has 2 heterocycles. The highest BCUT2D eigenvalue weighted by atomic mass is 16.2. The van der Waals surface area contributed by atoms with Crippen LogP contribution in [0.25, 0.3) is 5.69 Å². The summed E-state index contributed by atoms with van der Waals surface area (Å²) >= 11 is 0. The van der Waals surface area contributed by atoms with Crippen LogP contribution in [-0.2, 0) is 13.0 Å². The molecule has 168 valence electrons. The molecule has 0 bridgehead atoms. The molecule has 1 amide bonds. The second-order valence-corrected chi connectivity index (χ2v) is 8.40. The molecule has 0 radical (unpaired) electrons. The molecule has 2 aromatic heterocycles. The lowest BCUT2D eigenvalue weighted by molar-refractivity contribution is 0.0953. The number of imidazole rings is 1. The number of rotatable bonds is 7. The maximum Gasteiger partial charge on any atom is 0.256 e. The number of nitrogens with one attached hydrogen (secondary N) is 1. The van der Waals surface area contributed by atoms with E-state index in [1.54, 1.807) is 10.6 Å². The lowest BCUT2D eigenvalue weighted by atomic mass is 10.1. The van der Waals surface area contributed by atoms with E-state index in [2.05, 4.69) is 46.1 Å². The lowest BCUT2D eigenvalue weighted by Crippen LogP contribution is -2.29. The number of benzene rings is 2. The van der Waals surface area contributed by atoms with Crippen LogP contribution >= 0.6 is 0 Å². The SMILES string of the molecule is Cc1ccc(Cn2cncc2CCNC(=O)c2cc(C)n(-c3ccc(C)cc3)c(=O)c2)cc1. The Morgan fingerprint density at radius 1 is 0.939 bits per heavy atom. The first kappa shape index (κ1) is 22.3. The first-order valence-corrected chi connectivity index (χ1v) is 11.0. The molecule has 0 aliphatic heterocycles. The fourth-order valence-corrected chi connectivity index (χ4v) is 3.85. The van der Waals surface area contributed by atoms with Crippen LogP contribution in [0.5, 0.6) is 0 Å². The number of carbonyl (C=O) groups excluding carboxylic acids is 1. The van der Waals surface area contributed by atoms with Gasteiger partial charge in [0, 0.05) is 54.4 Å². The van der Waals surface area contributed by atoms with Gasteiger partial charge in [-0.05, 0) is 44.5 Å². The Morgan fingerprint density at radius 2 is 1.61 bits per heavy atom. The number of hydrogen-bond donors (Lipinski definition) is 1. The van der Waals surface area contributed by atoms with Crippen LogP contribution < -0.4 is 10.9 Å². The number of aromatic nitrogens is 3. The molecule has 2 aromatic carbocycles. The van der Waals surface area contributed by atoms with Gasteiger partial charge in [-0.2, -0.15) is 0 Å². The predicted octanol–water partition coefficient (Wildman–Crippen LogP) is 3.98. The smallest absolute Gasteiger partial charge is 0.256 e. The number of pyridine rings is 1. The second-order valence-electron chi connectivity index (χ2n) is 8.40. The van der Waals surface area contributed by atoms with Gasteiger partial charge in [0.05, 0.1) is 6.33 Å². The highest BCUT2D eigenvalue weighted by Crippen LogP contribution is 2.12. The lowest BCUT2D eigenvalue weighted by Gasteiger charge is -2.13. The summed E-state index contributed by atoms with van der Waals surface area (Å²) in [6, 6.07) is 19.3. The van der Waals surface area contributed by atoms with Gasteiger partial charge in [0.1, 0.15) is 0 Å². The van der Waals surface area contributed by atoms with Gasteiger partial charge in [-0.3, -0.25) is 14.2 Å².